The van der Waals surface area contributed by atoms with Gasteiger partial charge in [0.25, 0.3) is 5.91 Å². The Hall–Kier alpha value is -1.66. The average Bonchev–Trinajstić information content (AvgIpc) is 2.91. The molecule has 0 radical (unpaired) electrons. The van der Waals surface area contributed by atoms with Gasteiger partial charge in [-0.15, -0.1) is 18.3 Å². The topological polar surface area (TPSA) is 54.9 Å². The number of para-hydroxylation sites is 1. The van der Waals surface area contributed by atoms with Crippen LogP contribution in [0.15, 0.2) is 48.0 Å². The molecule has 0 unspecified atom stereocenters. The Labute approximate surface area is 113 Å². The maximum absolute atomic E-state index is 11.9. The van der Waals surface area contributed by atoms with E-state index in [-0.39, 0.29) is 5.91 Å². The van der Waals surface area contributed by atoms with Crippen molar-refractivity contribution in [3.63, 3.8) is 0 Å². The molecule has 0 saturated carbocycles. The van der Waals surface area contributed by atoms with E-state index >= 15 is 0 Å². The van der Waals surface area contributed by atoms with E-state index in [1.54, 1.807) is 11.8 Å². The van der Waals surface area contributed by atoms with Crippen molar-refractivity contribution in [3.8, 4) is 0 Å². The molecule has 6 heteroatoms. The number of thioether (sulfide) groups is 1. The molecule has 0 aliphatic carbocycles. The van der Waals surface area contributed by atoms with E-state index in [1.807, 2.05) is 30.3 Å². The standard InChI is InChI=1S/C12H11N3OS2/c1-2-7-17-11-6-4-3-5-9(11)14-12(16)10-8-13-18-15-10/h2-6,8H,1,7H2,(H,14,16). The summed E-state index contributed by atoms with van der Waals surface area (Å²) in [6.07, 6.45) is 3.28. The van der Waals surface area contributed by atoms with Crippen LogP contribution in [0.2, 0.25) is 0 Å². The Morgan fingerprint density at radius 2 is 2.33 bits per heavy atom. The lowest BCUT2D eigenvalue weighted by Gasteiger charge is -2.08. The Morgan fingerprint density at radius 3 is 3.06 bits per heavy atom. The van der Waals surface area contributed by atoms with Crippen LogP contribution in [-0.2, 0) is 0 Å². The highest BCUT2D eigenvalue weighted by Gasteiger charge is 2.11. The van der Waals surface area contributed by atoms with Gasteiger partial charge in [-0.25, -0.2) is 0 Å². The van der Waals surface area contributed by atoms with Gasteiger partial charge < -0.3 is 5.32 Å². The Morgan fingerprint density at radius 1 is 1.50 bits per heavy atom. The van der Waals surface area contributed by atoms with E-state index < -0.39 is 0 Å². The molecule has 4 nitrogen and oxygen atoms in total. The van der Waals surface area contributed by atoms with Crippen molar-refractivity contribution in [2.45, 2.75) is 4.90 Å². The van der Waals surface area contributed by atoms with Gasteiger partial charge in [0, 0.05) is 10.6 Å². The minimum atomic E-state index is -0.240. The molecule has 0 aliphatic heterocycles. The van der Waals surface area contributed by atoms with Crippen molar-refractivity contribution >= 4 is 35.1 Å². The molecule has 1 aromatic carbocycles. The van der Waals surface area contributed by atoms with Crippen LogP contribution in [0.5, 0.6) is 0 Å². The zero-order valence-electron chi connectivity index (χ0n) is 9.50. The second-order valence-electron chi connectivity index (χ2n) is 3.34. The summed E-state index contributed by atoms with van der Waals surface area (Å²) in [5.41, 5.74) is 1.12. The molecule has 0 spiro atoms. The van der Waals surface area contributed by atoms with Gasteiger partial charge in [-0.2, -0.15) is 8.75 Å². The highest BCUT2D eigenvalue weighted by atomic mass is 32.2. The van der Waals surface area contributed by atoms with Gasteiger partial charge in [0.2, 0.25) is 0 Å². The van der Waals surface area contributed by atoms with E-state index in [9.17, 15) is 4.79 Å². The van der Waals surface area contributed by atoms with Crippen molar-refractivity contribution in [1.82, 2.24) is 8.75 Å². The van der Waals surface area contributed by atoms with Crippen LogP contribution in [0.4, 0.5) is 5.69 Å². The van der Waals surface area contributed by atoms with Crippen LogP contribution < -0.4 is 5.32 Å². The van der Waals surface area contributed by atoms with E-state index in [0.29, 0.717) is 5.69 Å². The minimum absolute atomic E-state index is 0.240. The first kappa shape index (κ1) is 12.8. The van der Waals surface area contributed by atoms with Gasteiger partial charge in [0.15, 0.2) is 5.69 Å². The van der Waals surface area contributed by atoms with E-state index in [2.05, 4.69) is 20.6 Å². The van der Waals surface area contributed by atoms with Gasteiger partial charge in [-0.1, -0.05) is 18.2 Å². The molecule has 0 aliphatic rings. The van der Waals surface area contributed by atoms with Gasteiger partial charge in [0.1, 0.15) is 0 Å². The number of hydrogen-bond donors (Lipinski definition) is 1. The third kappa shape index (κ3) is 3.18. The summed E-state index contributed by atoms with van der Waals surface area (Å²) in [6, 6.07) is 7.64. The molecule has 1 aromatic heterocycles. The normalized spacial score (nSPS) is 10.0. The summed E-state index contributed by atoms with van der Waals surface area (Å²) in [5, 5.41) is 2.83. The van der Waals surface area contributed by atoms with Crippen molar-refractivity contribution in [3.05, 3.63) is 48.8 Å². The molecule has 18 heavy (non-hydrogen) atoms. The summed E-state index contributed by atoms with van der Waals surface area (Å²) in [5.74, 6) is 0.556. The molecule has 1 amide bonds. The average molecular weight is 277 g/mol. The number of carbonyl (C=O) groups excluding carboxylic acids is 1. The zero-order valence-corrected chi connectivity index (χ0v) is 11.1. The van der Waals surface area contributed by atoms with E-state index in [0.717, 1.165) is 28.1 Å². The van der Waals surface area contributed by atoms with Crippen molar-refractivity contribution in [2.75, 3.05) is 11.1 Å². The Kier molecular flexibility index (Phi) is 4.49. The van der Waals surface area contributed by atoms with E-state index in [1.165, 1.54) is 6.20 Å². The molecule has 2 aromatic rings. The van der Waals surface area contributed by atoms with Crippen molar-refractivity contribution in [1.29, 1.82) is 0 Å². The van der Waals surface area contributed by atoms with Crippen LogP contribution in [0.1, 0.15) is 10.5 Å². The number of benzene rings is 1. The summed E-state index contributed by atoms with van der Waals surface area (Å²) in [6.45, 7) is 3.68. The maximum Gasteiger partial charge on any atom is 0.277 e. The highest BCUT2D eigenvalue weighted by Crippen LogP contribution is 2.27. The zero-order chi connectivity index (χ0) is 12.8. The van der Waals surface area contributed by atoms with Crippen molar-refractivity contribution in [2.24, 2.45) is 0 Å². The van der Waals surface area contributed by atoms with Crippen LogP contribution in [-0.4, -0.2) is 20.4 Å². The van der Waals surface area contributed by atoms with E-state index in [4.69, 9.17) is 0 Å². The predicted octanol–water partition coefficient (Wildman–Crippen LogP) is 3.07. The number of aromatic nitrogens is 2. The molecule has 0 atom stereocenters. The fraction of sp³-hybridized carbons (Fsp3) is 0.0833. The van der Waals surface area contributed by atoms with Crippen LogP contribution in [0.3, 0.4) is 0 Å². The molecule has 2 rings (SSSR count). The molecule has 1 N–H and O–H groups in total. The maximum atomic E-state index is 11.9. The molecule has 0 bridgehead atoms. The second kappa shape index (κ2) is 6.32. The second-order valence-corrected chi connectivity index (χ2v) is 4.96. The van der Waals surface area contributed by atoms with Crippen LogP contribution in [0, 0.1) is 0 Å². The molecule has 1 heterocycles. The monoisotopic (exact) mass is 277 g/mol. The van der Waals surface area contributed by atoms with Gasteiger partial charge in [0.05, 0.1) is 23.6 Å². The first-order valence-corrected chi connectivity index (χ1v) is 6.94. The number of nitrogens with one attached hydrogen (secondary N) is 1. The highest BCUT2D eigenvalue weighted by molar-refractivity contribution is 7.99. The SMILES string of the molecule is C=CCSc1ccccc1NC(=O)c1cnsn1. The minimum Gasteiger partial charge on any atom is -0.320 e. The lowest BCUT2D eigenvalue weighted by molar-refractivity contribution is 0.102. The van der Waals surface area contributed by atoms with Crippen LogP contribution >= 0.6 is 23.5 Å². The smallest absolute Gasteiger partial charge is 0.277 e. The molecule has 92 valence electrons. The first-order valence-electron chi connectivity index (χ1n) is 5.23. The number of anilines is 1. The van der Waals surface area contributed by atoms with Gasteiger partial charge in [-0.05, 0) is 12.1 Å². The largest absolute Gasteiger partial charge is 0.320 e. The summed E-state index contributed by atoms with van der Waals surface area (Å²) in [7, 11) is 0. The number of carbonyl (C=O) groups is 1. The van der Waals surface area contributed by atoms with Crippen molar-refractivity contribution < 1.29 is 4.79 Å². The fourth-order valence-electron chi connectivity index (χ4n) is 1.30. The third-order valence-electron chi connectivity index (χ3n) is 2.09. The Bertz CT molecular complexity index is 540. The molecular formula is C12H11N3OS2. The summed E-state index contributed by atoms with van der Waals surface area (Å²) < 4.78 is 7.71. The first-order chi connectivity index (χ1) is 8.81. The van der Waals surface area contributed by atoms with Gasteiger partial charge in [-0.3, -0.25) is 4.79 Å². The lowest BCUT2D eigenvalue weighted by atomic mass is 10.3. The number of rotatable bonds is 5. The molecule has 0 saturated heterocycles. The van der Waals surface area contributed by atoms with Gasteiger partial charge >= 0.3 is 0 Å². The quantitative estimate of drug-likeness (QED) is 0.674. The molecular weight excluding hydrogens is 266 g/mol. The lowest BCUT2D eigenvalue weighted by Crippen LogP contribution is -2.12. The third-order valence-corrected chi connectivity index (χ3v) is 3.63. The summed E-state index contributed by atoms with van der Waals surface area (Å²) in [4.78, 5) is 12.9. The molecule has 0 fully saturated rings. The Balaban J connectivity index is 2.13. The fourth-order valence-corrected chi connectivity index (χ4v) is 2.45. The number of nitrogens with zero attached hydrogens (tertiary/aromatic N) is 2. The number of hydrogen-bond acceptors (Lipinski definition) is 5. The number of amides is 1. The predicted molar refractivity (Wildman–Crippen MR) is 75.2 cm³/mol. The van der Waals surface area contributed by atoms with Crippen LogP contribution in [0.25, 0.3) is 0 Å². The summed E-state index contributed by atoms with van der Waals surface area (Å²) >= 11 is 2.64.